The normalized spacial score (nSPS) is 10.2. The maximum atomic E-state index is 10.5. The maximum absolute atomic E-state index is 10.5. The summed E-state index contributed by atoms with van der Waals surface area (Å²) in [5.74, 6) is 5.48. The molecule has 0 fully saturated rings. The molecule has 0 atom stereocenters. The van der Waals surface area contributed by atoms with Crippen molar-refractivity contribution in [3.63, 3.8) is 0 Å². The van der Waals surface area contributed by atoms with Crippen molar-refractivity contribution in [1.82, 2.24) is 0 Å². The van der Waals surface area contributed by atoms with Gasteiger partial charge in [-0.05, 0) is 26.0 Å². The van der Waals surface area contributed by atoms with E-state index in [4.69, 9.17) is 0 Å². The number of rotatable bonds is 1. The van der Waals surface area contributed by atoms with E-state index in [0.29, 0.717) is 5.56 Å². The summed E-state index contributed by atoms with van der Waals surface area (Å²) in [7, 11) is 0. The lowest BCUT2D eigenvalue weighted by atomic mass is 10.1. The number of hydrogen-bond donors (Lipinski definition) is 1. The highest BCUT2D eigenvalue weighted by Gasteiger charge is 2.05. The van der Waals surface area contributed by atoms with Gasteiger partial charge in [-0.2, -0.15) is 0 Å². The van der Waals surface area contributed by atoms with Crippen molar-refractivity contribution in [3.05, 3.63) is 35.4 Å². The molecule has 1 aromatic carbocycles. The Balaban J connectivity index is 2.96. The molecule has 0 bridgehead atoms. The van der Waals surface area contributed by atoms with Gasteiger partial charge in [0.25, 0.3) is 0 Å². The summed E-state index contributed by atoms with van der Waals surface area (Å²) in [6.07, 6.45) is 0.773. The second kappa shape index (κ2) is 4.08. The zero-order valence-corrected chi connectivity index (χ0v) is 8.24. The average Bonchev–Trinajstić information content (AvgIpc) is 2.14. The minimum absolute atomic E-state index is 0.590. The van der Waals surface area contributed by atoms with E-state index in [2.05, 4.69) is 11.8 Å². The smallest absolute Gasteiger partial charge is 0.150 e. The molecule has 1 rings (SSSR count). The summed E-state index contributed by atoms with van der Waals surface area (Å²) in [6, 6.07) is 6.96. The maximum Gasteiger partial charge on any atom is 0.150 e. The lowest BCUT2D eigenvalue weighted by Gasteiger charge is -2.05. The summed E-state index contributed by atoms with van der Waals surface area (Å²) in [6.45, 7) is 3.23. The zero-order chi connectivity index (χ0) is 10.6. The number of aliphatic hydroxyl groups is 1. The molecule has 72 valence electrons. The van der Waals surface area contributed by atoms with Gasteiger partial charge >= 0.3 is 0 Å². The van der Waals surface area contributed by atoms with E-state index >= 15 is 0 Å². The standard InChI is InChI=1S/C12H12O2/c1-12(2,14)7-6-10-4-3-5-11(8-10)9-13/h3-5,8-9,14H,1-2H3. The highest BCUT2D eigenvalue weighted by molar-refractivity contribution is 5.75. The monoisotopic (exact) mass is 188 g/mol. The number of benzene rings is 1. The minimum Gasteiger partial charge on any atom is -0.378 e. The van der Waals surface area contributed by atoms with Gasteiger partial charge in [-0.1, -0.05) is 24.0 Å². The topological polar surface area (TPSA) is 37.3 Å². The van der Waals surface area contributed by atoms with Crippen LogP contribution in [0.1, 0.15) is 29.8 Å². The van der Waals surface area contributed by atoms with Crippen LogP contribution >= 0.6 is 0 Å². The molecule has 14 heavy (non-hydrogen) atoms. The van der Waals surface area contributed by atoms with Crippen molar-refractivity contribution < 1.29 is 9.90 Å². The Morgan fingerprint density at radius 1 is 1.43 bits per heavy atom. The molecule has 0 heterocycles. The van der Waals surface area contributed by atoms with Crippen molar-refractivity contribution in [2.75, 3.05) is 0 Å². The third-order valence-corrected chi connectivity index (χ3v) is 1.54. The highest BCUT2D eigenvalue weighted by Crippen LogP contribution is 2.03. The Hall–Kier alpha value is -1.59. The molecule has 2 heteroatoms. The Bertz CT molecular complexity index is 389. The minimum atomic E-state index is -1.00. The van der Waals surface area contributed by atoms with Crippen molar-refractivity contribution in [2.45, 2.75) is 19.4 Å². The molecule has 0 spiro atoms. The SMILES string of the molecule is CC(C)(O)C#Cc1cccc(C=O)c1. The molecular formula is C12H12O2. The van der Waals surface area contributed by atoms with Crippen LogP contribution in [-0.2, 0) is 0 Å². The van der Waals surface area contributed by atoms with Crippen molar-refractivity contribution >= 4 is 6.29 Å². The van der Waals surface area contributed by atoms with Crippen molar-refractivity contribution in [2.24, 2.45) is 0 Å². The molecule has 2 nitrogen and oxygen atoms in total. The Morgan fingerprint density at radius 2 is 2.14 bits per heavy atom. The van der Waals surface area contributed by atoms with Gasteiger partial charge in [0.05, 0.1) is 0 Å². The number of aldehydes is 1. The summed E-state index contributed by atoms with van der Waals surface area (Å²) < 4.78 is 0. The Kier molecular flexibility index (Phi) is 3.06. The summed E-state index contributed by atoms with van der Waals surface area (Å²) in [5.41, 5.74) is 0.321. The third-order valence-electron chi connectivity index (χ3n) is 1.54. The lowest BCUT2D eigenvalue weighted by Crippen LogP contribution is -2.14. The first-order chi connectivity index (χ1) is 6.51. The second-order valence-corrected chi connectivity index (χ2v) is 3.55. The van der Waals surface area contributed by atoms with Gasteiger partial charge in [0, 0.05) is 11.1 Å². The van der Waals surface area contributed by atoms with Crippen LogP contribution in [0, 0.1) is 11.8 Å². The van der Waals surface area contributed by atoms with Gasteiger partial charge in [-0.25, -0.2) is 0 Å². The molecule has 0 aliphatic rings. The molecule has 0 aromatic heterocycles. The first-order valence-electron chi connectivity index (χ1n) is 4.32. The van der Waals surface area contributed by atoms with Crippen LogP contribution < -0.4 is 0 Å². The van der Waals surface area contributed by atoms with E-state index in [9.17, 15) is 9.90 Å². The van der Waals surface area contributed by atoms with Gasteiger partial charge in [0.15, 0.2) is 0 Å². The van der Waals surface area contributed by atoms with Crippen LogP contribution in [0.5, 0.6) is 0 Å². The number of carbonyl (C=O) groups is 1. The van der Waals surface area contributed by atoms with Gasteiger partial charge in [0.2, 0.25) is 0 Å². The largest absolute Gasteiger partial charge is 0.378 e. The summed E-state index contributed by atoms with van der Waals surface area (Å²) in [5, 5.41) is 9.36. The Labute approximate surface area is 83.6 Å². The third kappa shape index (κ3) is 3.42. The predicted octanol–water partition coefficient (Wildman–Crippen LogP) is 1.62. The van der Waals surface area contributed by atoms with E-state index < -0.39 is 5.60 Å². The number of hydrogen-bond acceptors (Lipinski definition) is 2. The second-order valence-electron chi connectivity index (χ2n) is 3.55. The fourth-order valence-electron chi connectivity index (χ4n) is 0.915. The van der Waals surface area contributed by atoms with Crippen molar-refractivity contribution in [3.8, 4) is 11.8 Å². The van der Waals surface area contributed by atoms with Crippen molar-refractivity contribution in [1.29, 1.82) is 0 Å². The van der Waals surface area contributed by atoms with Crippen LogP contribution in [0.2, 0.25) is 0 Å². The van der Waals surface area contributed by atoms with E-state index in [-0.39, 0.29) is 0 Å². The van der Waals surface area contributed by atoms with E-state index in [1.54, 1.807) is 38.1 Å². The quantitative estimate of drug-likeness (QED) is 0.537. The first-order valence-corrected chi connectivity index (χ1v) is 4.32. The van der Waals surface area contributed by atoms with Crippen LogP contribution in [0.3, 0.4) is 0 Å². The van der Waals surface area contributed by atoms with E-state index in [1.165, 1.54) is 0 Å². The van der Waals surface area contributed by atoms with Crippen LogP contribution in [-0.4, -0.2) is 17.0 Å². The van der Waals surface area contributed by atoms with Crippen LogP contribution in [0.25, 0.3) is 0 Å². The Morgan fingerprint density at radius 3 is 2.71 bits per heavy atom. The predicted molar refractivity (Wildman–Crippen MR) is 55.0 cm³/mol. The van der Waals surface area contributed by atoms with Gasteiger partial charge < -0.3 is 5.11 Å². The molecule has 0 saturated carbocycles. The van der Waals surface area contributed by atoms with Gasteiger partial charge in [0.1, 0.15) is 11.9 Å². The van der Waals surface area contributed by atoms with Gasteiger partial charge in [-0.15, -0.1) is 0 Å². The van der Waals surface area contributed by atoms with Gasteiger partial charge in [-0.3, -0.25) is 4.79 Å². The summed E-state index contributed by atoms with van der Waals surface area (Å²) >= 11 is 0. The molecular weight excluding hydrogens is 176 g/mol. The molecule has 1 N–H and O–H groups in total. The van der Waals surface area contributed by atoms with E-state index in [0.717, 1.165) is 11.8 Å². The first kappa shape index (κ1) is 10.5. The zero-order valence-electron chi connectivity index (χ0n) is 8.24. The molecule has 0 saturated heterocycles. The fraction of sp³-hybridized carbons (Fsp3) is 0.250. The molecule has 0 aliphatic carbocycles. The molecule has 0 aliphatic heterocycles. The van der Waals surface area contributed by atoms with Crippen LogP contribution in [0.4, 0.5) is 0 Å². The molecule has 0 amide bonds. The lowest BCUT2D eigenvalue weighted by molar-refractivity contribution is 0.112. The molecule has 1 aromatic rings. The van der Waals surface area contributed by atoms with E-state index in [1.807, 2.05) is 0 Å². The average molecular weight is 188 g/mol. The highest BCUT2D eigenvalue weighted by atomic mass is 16.3. The summed E-state index contributed by atoms with van der Waals surface area (Å²) in [4.78, 5) is 10.5. The molecule has 0 unspecified atom stereocenters. The fourth-order valence-corrected chi connectivity index (χ4v) is 0.915. The number of carbonyl (C=O) groups excluding carboxylic acids is 1. The molecule has 0 radical (unpaired) electrons. The van der Waals surface area contributed by atoms with Crippen LogP contribution in [0.15, 0.2) is 24.3 Å².